The number of benzene rings is 2. The highest BCUT2D eigenvalue weighted by Crippen LogP contribution is 2.55. The zero-order valence-electron chi connectivity index (χ0n) is 17.8. The van der Waals surface area contributed by atoms with Crippen molar-refractivity contribution in [3.05, 3.63) is 58.6 Å². The standard InChI is InChI=1S/C24H21N3O5S/c28-22-24(13-30-19-10-21-20(9-17(19)24)31-14-32-21)16-3-1-2-4-18(16)27(22)12-15-11-25-23(33-15)26-5-7-29-8-6-26/h1-4,9-11H,5-8,12-14H2. The molecule has 0 bridgehead atoms. The SMILES string of the molecule is O=C1N(Cc2cnc(N3CCOCC3)s2)c2ccccc2C12COc1cc3c(cc12)OCO3. The quantitative estimate of drug-likeness (QED) is 0.591. The number of para-hydroxylation sites is 1. The summed E-state index contributed by atoms with van der Waals surface area (Å²) >= 11 is 1.63. The van der Waals surface area contributed by atoms with Gasteiger partial charge in [0.1, 0.15) is 17.8 Å². The van der Waals surface area contributed by atoms with Crippen molar-refractivity contribution in [2.75, 3.05) is 49.5 Å². The number of hydrogen-bond acceptors (Lipinski definition) is 8. The molecule has 4 aliphatic rings. The molecule has 1 saturated heterocycles. The largest absolute Gasteiger partial charge is 0.491 e. The first kappa shape index (κ1) is 19.2. The van der Waals surface area contributed by atoms with Gasteiger partial charge in [0.05, 0.1) is 19.8 Å². The van der Waals surface area contributed by atoms with E-state index in [1.807, 2.05) is 47.5 Å². The maximum absolute atomic E-state index is 14.1. The fourth-order valence-electron chi connectivity index (χ4n) is 5.15. The van der Waals surface area contributed by atoms with E-state index in [-0.39, 0.29) is 19.3 Å². The number of carbonyl (C=O) groups is 1. The van der Waals surface area contributed by atoms with Crippen molar-refractivity contribution in [1.29, 1.82) is 0 Å². The monoisotopic (exact) mass is 463 g/mol. The topological polar surface area (TPSA) is 73.4 Å². The summed E-state index contributed by atoms with van der Waals surface area (Å²) in [5, 5.41) is 0.977. The number of fused-ring (bicyclic) bond motifs is 5. The lowest BCUT2D eigenvalue weighted by atomic mass is 9.77. The van der Waals surface area contributed by atoms with Gasteiger partial charge in [-0.3, -0.25) is 4.79 Å². The van der Waals surface area contributed by atoms with Crippen LogP contribution in [-0.2, 0) is 21.5 Å². The van der Waals surface area contributed by atoms with Crippen molar-refractivity contribution in [3.63, 3.8) is 0 Å². The Morgan fingerprint density at radius 3 is 2.70 bits per heavy atom. The van der Waals surface area contributed by atoms with Crippen LogP contribution in [0.5, 0.6) is 17.2 Å². The highest BCUT2D eigenvalue weighted by atomic mass is 32.1. The van der Waals surface area contributed by atoms with Gasteiger partial charge in [0.15, 0.2) is 16.6 Å². The first-order valence-corrected chi connectivity index (χ1v) is 11.8. The molecule has 1 atom stereocenters. The van der Waals surface area contributed by atoms with Crippen LogP contribution in [0, 0.1) is 0 Å². The summed E-state index contributed by atoms with van der Waals surface area (Å²) in [6.07, 6.45) is 1.88. The minimum absolute atomic E-state index is 0.0163. The van der Waals surface area contributed by atoms with E-state index in [9.17, 15) is 4.79 Å². The van der Waals surface area contributed by atoms with Crippen molar-refractivity contribution in [3.8, 4) is 17.2 Å². The Kier molecular flexibility index (Phi) is 4.13. The lowest BCUT2D eigenvalue weighted by Crippen LogP contribution is -2.42. The highest BCUT2D eigenvalue weighted by molar-refractivity contribution is 7.15. The summed E-state index contributed by atoms with van der Waals surface area (Å²) in [4.78, 5) is 23.9. The van der Waals surface area contributed by atoms with Crippen LogP contribution >= 0.6 is 11.3 Å². The van der Waals surface area contributed by atoms with E-state index in [1.165, 1.54) is 0 Å². The molecule has 1 unspecified atom stereocenters. The van der Waals surface area contributed by atoms with Gasteiger partial charge in [-0.15, -0.1) is 11.3 Å². The second kappa shape index (κ2) is 7.10. The molecule has 9 heteroatoms. The number of anilines is 2. The fourth-order valence-corrected chi connectivity index (χ4v) is 6.10. The van der Waals surface area contributed by atoms with Gasteiger partial charge in [0.2, 0.25) is 12.7 Å². The third-order valence-electron chi connectivity index (χ3n) is 6.78. The molecule has 5 heterocycles. The van der Waals surface area contributed by atoms with Crippen LogP contribution in [0.25, 0.3) is 0 Å². The Morgan fingerprint density at radius 2 is 1.82 bits per heavy atom. The minimum Gasteiger partial charge on any atom is -0.491 e. The predicted molar refractivity (Wildman–Crippen MR) is 122 cm³/mol. The Bertz CT molecular complexity index is 1270. The molecule has 168 valence electrons. The summed E-state index contributed by atoms with van der Waals surface area (Å²) in [6.45, 7) is 4.02. The van der Waals surface area contributed by atoms with Crippen molar-refractivity contribution in [2.45, 2.75) is 12.0 Å². The summed E-state index contributed by atoms with van der Waals surface area (Å²) in [6, 6.07) is 11.7. The summed E-state index contributed by atoms with van der Waals surface area (Å²) < 4.78 is 22.6. The molecule has 0 N–H and O–H groups in total. The number of nitrogens with zero attached hydrogens (tertiary/aromatic N) is 3. The van der Waals surface area contributed by atoms with E-state index in [0.717, 1.165) is 39.9 Å². The van der Waals surface area contributed by atoms with E-state index < -0.39 is 5.41 Å². The van der Waals surface area contributed by atoms with Gasteiger partial charge in [-0.1, -0.05) is 18.2 Å². The molecule has 0 saturated carbocycles. The Labute approximate surface area is 194 Å². The molecular formula is C24H21N3O5S. The maximum atomic E-state index is 14.1. The minimum atomic E-state index is -0.884. The van der Waals surface area contributed by atoms with Gasteiger partial charge in [-0.25, -0.2) is 4.98 Å². The molecule has 1 fully saturated rings. The van der Waals surface area contributed by atoms with E-state index in [0.29, 0.717) is 37.0 Å². The van der Waals surface area contributed by atoms with Gasteiger partial charge in [-0.2, -0.15) is 0 Å². The molecule has 0 radical (unpaired) electrons. The smallest absolute Gasteiger partial charge is 0.246 e. The number of ether oxygens (including phenoxy) is 4. The first-order chi connectivity index (χ1) is 16.2. The van der Waals surface area contributed by atoms with Gasteiger partial charge in [-0.05, 0) is 17.7 Å². The van der Waals surface area contributed by atoms with Gasteiger partial charge in [0, 0.05) is 41.5 Å². The molecule has 3 aromatic rings. The molecule has 8 nitrogen and oxygen atoms in total. The van der Waals surface area contributed by atoms with Gasteiger partial charge in [0.25, 0.3) is 0 Å². The number of thiazole rings is 1. The Morgan fingerprint density at radius 1 is 1.00 bits per heavy atom. The molecule has 33 heavy (non-hydrogen) atoms. The van der Waals surface area contributed by atoms with E-state index in [4.69, 9.17) is 18.9 Å². The van der Waals surface area contributed by atoms with Crippen molar-refractivity contribution in [2.24, 2.45) is 0 Å². The second-order valence-corrected chi connectivity index (χ2v) is 9.61. The second-order valence-electron chi connectivity index (χ2n) is 8.51. The molecule has 1 amide bonds. The molecule has 2 aromatic carbocycles. The number of aromatic nitrogens is 1. The lowest BCUT2D eigenvalue weighted by Gasteiger charge is -2.26. The van der Waals surface area contributed by atoms with Crippen molar-refractivity contribution in [1.82, 2.24) is 4.98 Å². The first-order valence-electron chi connectivity index (χ1n) is 11.0. The molecule has 7 rings (SSSR count). The van der Waals surface area contributed by atoms with Crippen LogP contribution < -0.4 is 24.0 Å². The van der Waals surface area contributed by atoms with E-state index in [1.54, 1.807) is 11.3 Å². The summed E-state index contributed by atoms with van der Waals surface area (Å²) in [7, 11) is 0. The zero-order valence-corrected chi connectivity index (χ0v) is 18.6. The van der Waals surface area contributed by atoms with Crippen LogP contribution in [0.2, 0.25) is 0 Å². The normalized spacial score (nSPS) is 22.6. The van der Waals surface area contributed by atoms with Crippen LogP contribution in [0.1, 0.15) is 16.0 Å². The van der Waals surface area contributed by atoms with E-state index >= 15 is 0 Å². The number of morpholine rings is 1. The fraction of sp³-hybridized carbons (Fsp3) is 0.333. The molecule has 0 aliphatic carbocycles. The molecule has 1 spiro atoms. The van der Waals surface area contributed by atoms with Crippen molar-refractivity contribution >= 4 is 28.1 Å². The summed E-state index contributed by atoms with van der Waals surface area (Å²) in [5.74, 6) is 2.00. The van der Waals surface area contributed by atoms with Gasteiger partial charge < -0.3 is 28.7 Å². The molecular weight excluding hydrogens is 442 g/mol. The van der Waals surface area contributed by atoms with Crippen LogP contribution in [-0.4, -0.2) is 50.6 Å². The number of rotatable bonds is 3. The Hall–Kier alpha value is -3.30. The maximum Gasteiger partial charge on any atom is 0.246 e. The van der Waals surface area contributed by atoms with Crippen LogP contribution in [0.15, 0.2) is 42.6 Å². The average Bonchev–Trinajstić information content (AvgIpc) is 3.63. The third-order valence-corrected chi connectivity index (χ3v) is 7.82. The third kappa shape index (κ3) is 2.72. The van der Waals surface area contributed by atoms with Crippen LogP contribution in [0.4, 0.5) is 10.8 Å². The number of amides is 1. The number of hydrogen-bond donors (Lipinski definition) is 0. The predicted octanol–water partition coefficient (Wildman–Crippen LogP) is 2.93. The van der Waals surface area contributed by atoms with Gasteiger partial charge >= 0.3 is 0 Å². The van der Waals surface area contributed by atoms with E-state index in [2.05, 4.69) is 9.88 Å². The lowest BCUT2D eigenvalue weighted by molar-refractivity contribution is -0.122. The molecule has 1 aromatic heterocycles. The zero-order chi connectivity index (χ0) is 22.0. The number of carbonyl (C=O) groups excluding carboxylic acids is 1. The van der Waals surface area contributed by atoms with Crippen molar-refractivity contribution < 1.29 is 23.7 Å². The molecule has 4 aliphatic heterocycles. The average molecular weight is 464 g/mol. The summed E-state index contributed by atoms with van der Waals surface area (Å²) in [5.41, 5.74) is 1.83. The van der Waals surface area contributed by atoms with Crippen LogP contribution in [0.3, 0.4) is 0 Å². The highest BCUT2D eigenvalue weighted by Gasteiger charge is 2.57. The Balaban J connectivity index is 1.26.